The number of carbonyl (C=O) groups is 2. The number of carbonyl (C=O) groups excluding carboxylic acids is 2. The van der Waals surface area contributed by atoms with Crippen LogP contribution >= 0.6 is 0 Å². The first-order valence-corrected chi connectivity index (χ1v) is 12.9. The Morgan fingerprint density at radius 3 is 2.29 bits per heavy atom. The molecule has 0 saturated carbocycles. The number of ether oxygens (including phenoxy) is 2. The zero-order valence-corrected chi connectivity index (χ0v) is 22.4. The van der Waals surface area contributed by atoms with Crippen molar-refractivity contribution in [2.45, 2.75) is 18.7 Å². The van der Waals surface area contributed by atoms with Crippen molar-refractivity contribution in [2.24, 2.45) is 14.1 Å². The maximum absolute atomic E-state index is 13.2. The Labute approximate surface area is 219 Å². The van der Waals surface area contributed by atoms with E-state index in [2.05, 4.69) is 5.32 Å². The summed E-state index contributed by atoms with van der Waals surface area (Å²) in [7, 11) is 0.00982. The average molecular weight is 545 g/mol. The monoisotopic (exact) mass is 544 g/mol. The molecule has 3 aromatic rings. The molecular formula is C25H28N4O8S. The number of sulfonamides is 1. The van der Waals surface area contributed by atoms with Crippen molar-refractivity contribution in [3.05, 3.63) is 80.5 Å². The predicted octanol–water partition coefficient (Wildman–Crippen LogP) is 1.41. The van der Waals surface area contributed by atoms with Crippen molar-refractivity contribution in [2.75, 3.05) is 29.9 Å². The normalized spacial score (nSPS) is 11.1. The summed E-state index contributed by atoms with van der Waals surface area (Å²) in [5, 5.41) is 2.34. The molecular weight excluding hydrogens is 516 g/mol. The Balaban J connectivity index is 1.75. The highest BCUT2D eigenvalue weighted by atomic mass is 32.2. The van der Waals surface area contributed by atoms with Crippen LogP contribution in [0.4, 0.5) is 11.5 Å². The molecule has 0 bridgehead atoms. The van der Waals surface area contributed by atoms with Gasteiger partial charge in [0.15, 0.2) is 6.61 Å². The van der Waals surface area contributed by atoms with Gasteiger partial charge in [-0.05, 0) is 55.8 Å². The Kier molecular flexibility index (Phi) is 8.41. The summed E-state index contributed by atoms with van der Waals surface area (Å²) in [6, 6.07) is 11.6. The zero-order valence-electron chi connectivity index (χ0n) is 21.5. The van der Waals surface area contributed by atoms with E-state index >= 15 is 0 Å². The molecule has 1 heterocycles. The standard InChI is InChI=1S/C25H28N4O8S/c1-6-36-18-10-8-17(9-11-18)29(5)38(34,35)19-12-7-16(2)20(13-19)24(32)37-15-22(30)26-21-14-23(31)28(4)25(33)27(21)3/h7-14H,6,15H2,1-5H3,(H,26,30). The van der Waals surface area contributed by atoms with Crippen molar-refractivity contribution >= 4 is 33.4 Å². The summed E-state index contributed by atoms with van der Waals surface area (Å²) in [6.45, 7) is 3.18. The lowest BCUT2D eigenvalue weighted by atomic mass is 10.1. The van der Waals surface area contributed by atoms with Gasteiger partial charge in [-0.1, -0.05) is 6.07 Å². The van der Waals surface area contributed by atoms with Gasteiger partial charge in [0.25, 0.3) is 21.5 Å². The zero-order chi connectivity index (χ0) is 28.2. The van der Waals surface area contributed by atoms with Crippen molar-refractivity contribution < 1.29 is 27.5 Å². The molecule has 3 rings (SSSR count). The van der Waals surface area contributed by atoms with Crippen LogP contribution in [0.1, 0.15) is 22.8 Å². The van der Waals surface area contributed by atoms with Crippen LogP contribution in [-0.2, 0) is 33.7 Å². The highest BCUT2D eigenvalue weighted by Crippen LogP contribution is 2.26. The molecule has 0 aliphatic heterocycles. The Morgan fingerprint density at radius 2 is 1.66 bits per heavy atom. The van der Waals surface area contributed by atoms with Crippen LogP contribution in [0, 0.1) is 6.92 Å². The maximum Gasteiger partial charge on any atom is 0.338 e. The molecule has 0 atom stereocenters. The predicted molar refractivity (Wildman–Crippen MR) is 140 cm³/mol. The molecule has 0 unspecified atom stereocenters. The van der Waals surface area contributed by atoms with Crippen LogP contribution in [0.5, 0.6) is 5.75 Å². The number of hydrogen-bond acceptors (Lipinski definition) is 8. The van der Waals surface area contributed by atoms with Crippen LogP contribution in [0.2, 0.25) is 0 Å². The van der Waals surface area contributed by atoms with E-state index < -0.39 is 39.8 Å². The number of benzene rings is 2. The first kappa shape index (κ1) is 28.2. The van der Waals surface area contributed by atoms with Gasteiger partial charge >= 0.3 is 11.7 Å². The number of aryl methyl sites for hydroxylation is 1. The average Bonchev–Trinajstić information content (AvgIpc) is 2.89. The molecule has 0 spiro atoms. The molecule has 0 fully saturated rings. The van der Waals surface area contributed by atoms with E-state index in [1.165, 1.54) is 39.3 Å². The second kappa shape index (κ2) is 11.3. The fraction of sp³-hybridized carbons (Fsp3) is 0.280. The number of aromatic nitrogens is 2. The van der Waals surface area contributed by atoms with Crippen LogP contribution in [-0.4, -0.2) is 49.7 Å². The lowest BCUT2D eigenvalue weighted by Crippen LogP contribution is -2.38. The summed E-state index contributed by atoms with van der Waals surface area (Å²) < 4.78 is 39.9. The largest absolute Gasteiger partial charge is 0.494 e. The number of amides is 1. The third-order valence-corrected chi connectivity index (χ3v) is 7.51. The van der Waals surface area contributed by atoms with E-state index in [4.69, 9.17) is 9.47 Å². The maximum atomic E-state index is 13.2. The molecule has 13 heteroatoms. The molecule has 12 nitrogen and oxygen atoms in total. The molecule has 1 aromatic heterocycles. The fourth-order valence-corrected chi connectivity index (χ4v) is 4.66. The van der Waals surface area contributed by atoms with E-state index in [1.807, 2.05) is 6.92 Å². The van der Waals surface area contributed by atoms with Crippen molar-refractivity contribution in [1.82, 2.24) is 9.13 Å². The first-order valence-electron chi connectivity index (χ1n) is 11.4. The second-order valence-electron chi connectivity index (χ2n) is 8.27. The lowest BCUT2D eigenvalue weighted by Gasteiger charge is -2.20. The molecule has 38 heavy (non-hydrogen) atoms. The molecule has 2 aromatic carbocycles. The number of hydrogen-bond donors (Lipinski definition) is 1. The minimum absolute atomic E-state index is 0.0417. The fourth-order valence-electron chi connectivity index (χ4n) is 3.44. The topological polar surface area (TPSA) is 146 Å². The Hall–Kier alpha value is -4.39. The van der Waals surface area contributed by atoms with Crippen molar-refractivity contribution in [3.8, 4) is 5.75 Å². The highest BCUT2D eigenvalue weighted by molar-refractivity contribution is 7.92. The number of esters is 1. The van der Waals surface area contributed by atoms with Crippen LogP contribution in [0.15, 0.2) is 63.0 Å². The second-order valence-corrected chi connectivity index (χ2v) is 10.2. The minimum Gasteiger partial charge on any atom is -0.494 e. The van der Waals surface area contributed by atoms with Crippen LogP contribution < -0.4 is 25.6 Å². The van der Waals surface area contributed by atoms with Crippen LogP contribution in [0.3, 0.4) is 0 Å². The van der Waals surface area contributed by atoms with Gasteiger partial charge < -0.3 is 14.8 Å². The van der Waals surface area contributed by atoms with E-state index in [9.17, 15) is 27.6 Å². The van der Waals surface area contributed by atoms with E-state index in [1.54, 1.807) is 31.2 Å². The quantitative estimate of drug-likeness (QED) is 0.398. The SMILES string of the molecule is CCOc1ccc(N(C)S(=O)(=O)c2ccc(C)c(C(=O)OCC(=O)Nc3cc(=O)n(C)c(=O)n3C)c2)cc1. The minimum atomic E-state index is -4.04. The summed E-state index contributed by atoms with van der Waals surface area (Å²) in [6.07, 6.45) is 0. The molecule has 1 N–H and O–H groups in total. The first-order chi connectivity index (χ1) is 17.9. The van der Waals surface area contributed by atoms with Gasteiger partial charge in [0.2, 0.25) is 0 Å². The third-order valence-electron chi connectivity index (χ3n) is 5.73. The lowest BCUT2D eigenvalue weighted by molar-refractivity contribution is -0.119. The van der Waals surface area contributed by atoms with E-state index in [-0.39, 0.29) is 16.3 Å². The molecule has 1 amide bonds. The smallest absolute Gasteiger partial charge is 0.338 e. The van der Waals surface area contributed by atoms with E-state index in [0.717, 1.165) is 19.5 Å². The third kappa shape index (κ3) is 5.94. The summed E-state index contributed by atoms with van der Waals surface area (Å²) >= 11 is 0. The Bertz CT molecular complexity index is 1590. The van der Waals surface area contributed by atoms with Gasteiger partial charge in [-0.2, -0.15) is 0 Å². The number of rotatable bonds is 9. The van der Waals surface area contributed by atoms with E-state index in [0.29, 0.717) is 23.6 Å². The Morgan fingerprint density at radius 1 is 1.00 bits per heavy atom. The van der Waals surface area contributed by atoms with Gasteiger partial charge in [-0.15, -0.1) is 0 Å². The van der Waals surface area contributed by atoms with Crippen molar-refractivity contribution in [1.29, 1.82) is 0 Å². The molecule has 0 aliphatic carbocycles. The number of nitrogens with zero attached hydrogens (tertiary/aromatic N) is 3. The van der Waals surface area contributed by atoms with Crippen LogP contribution in [0.25, 0.3) is 0 Å². The van der Waals surface area contributed by atoms with Gasteiger partial charge in [-0.25, -0.2) is 18.0 Å². The summed E-state index contributed by atoms with van der Waals surface area (Å²) in [5.74, 6) is -1.18. The van der Waals surface area contributed by atoms with Crippen molar-refractivity contribution in [3.63, 3.8) is 0 Å². The highest BCUT2D eigenvalue weighted by Gasteiger charge is 2.24. The summed E-state index contributed by atoms with van der Waals surface area (Å²) in [4.78, 5) is 48.7. The number of nitrogens with one attached hydrogen (secondary N) is 1. The molecule has 0 radical (unpaired) electrons. The summed E-state index contributed by atoms with van der Waals surface area (Å²) in [5.41, 5.74) is -0.482. The molecule has 0 saturated heterocycles. The number of anilines is 2. The van der Waals surface area contributed by atoms with Gasteiger partial charge in [0.1, 0.15) is 11.6 Å². The molecule has 0 aliphatic rings. The van der Waals surface area contributed by atoms with Gasteiger partial charge in [0, 0.05) is 27.2 Å². The van der Waals surface area contributed by atoms with Gasteiger partial charge in [0.05, 0.1) is 22.8 Å². The molecule has 202 valence electrons. The van der Waals surface area contributed by atoms with Gasteiger partial charge in [-0.3, -0.25) is 23.0 Å².